The van der Waals surface area contributed by atoms with Gasteiger partial charge in [0.1, 0.15) is 0 Å². The minimum absolute atomic E-state index is 0.104. The van der Waals surface area contributed by atoms with Crippen molar-refractivity contribution in [2.24, 2.45) is 17.6 Å². The maximum Gasteiger partial charge on any atom is 0.227 e. The first-order valence-electron chi connectivity index (χ1n) is 7.34. The van der Waals surface area contributed by atoms with E-state index in [2.05, 4.69) is 23.8 Å². The normalized spacial score (nSPS) is 32.4. The fourth-order valence-corrected chi connectivity index (χ4v) is 3.28. The van der Waals surface area contributed by atoms with Gasteiger partial charge < -0.3 is 15.5 Å². The number of carbonyl (C=O) groups excluding carboxylic acids is 1. The summed E-state index contributed by atoms with van der Waals surface area (Å²) in [5.41, 5.74) is 6.03. The Bertz CT molecular complexity index is 295. The van der Waals surface area contributed by atoms with Gasteiger partial charge in [-0.3, -0.25) is 4.79 Å². The van der Waals surface area contributed by atoms with Gasteiger partial charge in [-0.15, -0.1) is 0 Å². The van der Waals surface area contributed by atoms with Crippen LogP contribution in [0.1, 0.15) is 32.6 Å². The summed E-state index contributed by atoms with van der Waals surface area (Å²) in [5.74, 6) is 1.07. The molecule has 0 aromatic carbocycles. The van der Waals surface area contributed by atoms with E-state index in [-0.39, 0.29) is 12.0 Å². The molecule has 0 radical (unpaired) electrons. The maximum absolute atomic E-state index is 12.4. The van der Waals surface area contributed by atoms with Crippen molar-refractivity contribution < 1.29 is 4.79 Å². The smallest absolute Gasteiger partial charge is 0.227 e. The Morgan fingerprint density at radius 1 is 1.39 bits per heavy atom. The number of hydrogen-bond donors (Lipinski definition) is 1. The van der Waals surface area contributed by atoms with Gasteiger partial charge in [-0.05, 0) is 38.8 Å². The van der Waals surface area contributed by atoms with Gasteiger partial charge in [-0.2, -0.15) is 0 Å². The summed E-state index contributed by atoms with van der Waals surface area (Å²) in [4.78, 5) is 16.8. The number of rotatable bonds is 4. The average Bonchev–Trinajstić information content (AvgIpc) is 2.97. The molecule has 18 heavy (non-hydrogen) atoms. The highest BCUT2D eigenvalue weighted by atomic mass is 16.2. The van der Waals surface area contributed by atoms with Crippen LogP contribution in [0.15, 0.2) is 0 Å². The van der Waals surface area contributed by atoms with Crippen LogP contribution in [0, 0.1) is 11.8 Å². The second-order valence-corrected chi connectivity index (χ2v) is 6.00. The zero-order valence-corrected chi connectivity index (χ0v) is 11.8. The minimum Gasteiger partial charge on any atom is -0.342 e. The van der Waals surface area contributed by atoms with Crippen LogP contribution in [0.3, 0.4) is 0 Å². The van der Waals surface area contributed by atoms with Crippen LogP contribution < -0.4 is 5.73 Å². The molecule has 1 aliphatic carbocycles. The van der Waals surface area contributed by atoms with Gasteiger partial charge in [0.2, 0.25) is 5.91 Å². The zero-order chi connectivity index (χ0) is 13.1. The molecule has 2 N–H and O–H groups in total. The molecule has 1 saturated heterocycles. The maximum atomic E-state index is 12.4. The lowest BCUT2D eigenvalue weighted by molar-refractivity contribution is -0.134. The molecule has 104 valence electrons. The van der Waals surface area contributed by atoms with Crippen molar-refractivity contribution in [3.63, 3.8) is 0 Å². The molecule has 1 saturated carbocycles. The van der Waals surface area contributed by atoms with E-state index in [1.54, 1.807) is 0 Å². The van der Waals surface area contributed by atoms with Crippen LogP contribution in [0.5, 0.6) is 0 Å². The monoisotopic (exact) mass is 253 g/mol. The lowest BCUT2D eigenvalue weighted by atomic mass is 10.0. The van der Waals surface area contributed by atoms with E-state index in [4.69, 9.17) is 5.73 Å². The second kappa shape index (κ2) is 6.02. The first kappa shape index (κ1) is 13.8. The van der Waals surface area contributed by atoms with Crippen molar-refractivity contribution in [3.05, 3.63) is 0 Å². The molecule has 4 heteroatoms. The van der Waals surface area contributed by atoms with Crippen molar-refractivity contribution in [3.8, 4) is 0 Å². The van der Waals surface area contributed by atoms with Gasteiger partial charge in [0.25, 0.3) is 0 Å². The van der Waals surface area contributed by atoms with E-state index in [9.17, 15) is 4.79 Å². The molecule has 4 nitrogen and oxygen atoms in total. The zero-order valence-electron chi connectivity index (χ0n) is 11.8. The summed E-state index contributed by atoms with van der Waals surface area (Å²) in [6.45, 7) is 6.24. The molecule has 0 aromatic rings. The summed E-state index contributed by atoms with van der Waals surface area (Å²) in [5, 5.41) is 0. The van der Waals surface area contributed by atoms with Gasteiger partial charge in [0, 0.05) is 25.7 Å². The Kier molecular flexibility index (Phi) is 4.62. The number of amides is 1. The molecular weight excluding hydrogens is 226 g/mol. The Hall–Kier alpha value is -0.610. The first-order chi connectivity index (χ1) is 8.61. The van der Waals surface area contributed by atoms with Crippen molar-refractivity contribution in [1.82, 2.24) is 9.80 Å². The lowest BCUT2D eigenvalue weighted by Crippen LogP contribution is -2.41. The number of nitrogens with two attached hydrogens (primary N) is 1. The molecule has 2 rings (SSSR count). The Balaban J connectivity index is 1.83. The van der Waals surface area contributed by atoms with Crippen LogP contribution >= 0.6 is 0 Å². The highest BCUT2D eigenvalue weighted by Crippen LogP contribution is 2.28. The van der Waals surface area contributed by atoms with Crippen LogP contribution in [-0.2, 0) is 4.79 Å². The van der Waals surface area contributed by atoms with E-state index in [1.807, 2.05) is 0 Å². The minimum atomic E-state index is 0.104. The quantitative estimate of drug-likeness (QED) is 0.810. The summed E-state index contributed by atoms with van der Waals surface area (Å²) >= 11 is 0. The second-order valence-electron chi connectivity index (χ2n) is 6.00. The predicted octanol–water partition coefficient (Wildman–Crippen LogP) is 0.914. The first-order valence-corrected chi connectivity index (χ1v) is 7.34. The van der Waals surface area contributed by atoms with E-state index in [0.29, 0.717) is 11.8 Å². The summed E-state index contributed by atoms with van der Waals surface area (Å²) < 4.78 is 0. The fraction of sp³-hybridized carbons (Fsp3) is 0.929. The molecule has 0 spiro atoms. The predicted molar refractivity (Wildman–Crippen MR) is 73.2 cm³/mol. The highest BCUT2D eigenvalue weighted by Gasteiger charge is 2.36. The van der Waals surface area contributed by atoms with Gasteiger partial charge in [-0.1, -0.05) is 13.3 Å². The summed E-state index contributed by atoms with van der Waals surface area (Å²) in [6.07, 6.45) is 4.29. The highest BCUT2D eigenvalue weighted by molar-refractivity contribution is 5.80. The van der Waals surface area contributed by atoms with Crippen molar-refractivity contribution in [2.75, 3.05) is 33.2 Å². The van der Waals surface area contributed by atoms with Gasteiger partial charge in [-0.25, -0.2) is 0 Å². The molecule has 0 bridgehead atoms. The number of nitrogens with zero attached hydrogens (tertiary/aromatic N) is 2. The Morgan fingerprint density at radius 3 is 2.78 bits per heavy atom. The molecule has 3 atom stereocenters. The van der Waals surface area contributed by atoms with Crippen LogP contribution in [0.4, 0.5) is 0 Å². The standard InChI is InChI=1S/C14H27N3O/c1-3-16(2)9-11-7-8-17(10-11)14(18)12-5-4-6-13(12)15/h11-13H,3-10,15H2,1-2H3/t11-,12+,13-/m0/s1. The largest absolute Gasteiger partial charge is 0.342 e. The van der Waals surface area contributed by atoms with Gasteiger partial charge in [0.15, 0.2) is 0 Å². The van der Waals surface area contributed by atoms with E-state index >= 15 is 0 Å². The molecular formula is C14H27N3O. The molecule has 0 aromatic heterocycles. The SMILES string of the molecule is CCN(C)C[C@@H]1CCN(C(=O)[C@@H]2CCC[C@@H]2N)C1. The Morgan fingerprint density at radius 2 is 2.17 bits per heavy atom. The summed E-state index contributed by atoms with van der Waals surface area (Å²) in [7, 11) is 2.15. The third-order valence-electron chi connectivity index (χ3n) is 4.59. The average molecular weight is 253 g/mol. The summed E-state index contributed by atoms with van der Waals surface area (Å²) in [6, 6.07) is 0.106. The Labute approximate surface area is 110 Å². The van der Waals surface area contributed by atoms with Gasteiger partial charge in [0.05, 0.1) is 5.92 Å². The van der Waals surface area contributed by atoms with Gasteiger partial charge >= 0.3 is 0 Å². The number of hydrogen-bond acceptors (Lipinski definition) is 3. The topological polar surface area (TPSA) is 49.6 Å². The molecule has 0 unspecified atom stereocenters. The van der Waals surface area contributed by atoms with Crippen LogP contribution in [0.2, 0.25) is 0 Å². The van der Waals surface area contributed by atoms with Crippen LogP contribution in [0.25, 0.3) is 0 Å². The molecule has 1 amide bonds. The lowest BCUT2D eigenvalue weighted by Gasteiger charge is -2.24. The number of likely N-dealkylation sites (tertiary alicyclic amines) is 1. The van der Waals surface area contributed by atoms with E-state index in [0.717, 1.165) is 51.9 Å². The van der Waals surface area contributed by atoms with Crippen molar-refractivity contribution >= 4 is 5.91 Å². The third kappa shape index (κ3) is 3.04. The molecule has 2 fully saturated rings. The van der Waals surface area contributed by atoms with E-state index < -0.39 is 0 Å². The van der Waals surface area contributed by atoms with Crippen molar-refractivity contribution in [1.29, 1.82) is 0 Å². The van der Waals surface area contributed by atoms with Crippen molar-refractivity contribution in [2.45, 2.75) is 38.6 Å². The third-order valence-corrected chi connectivity index (χ3v) is 4.59. The molecule has 1 heterocycles. The molecule has 1 aliphatic heterocycles. The van der Waals surface area contributed by atoms with E-state index in [1.165, 1.54) is 0 Å². The fourth-order valence-electron chi connectivity index (χ4n) is 3.28. The number of carbonyl (C=O) groups is 1. The molecule has 2 aliphatic rings. The van der Waals surface area contributed by atoms with Crippen LogP contribution in [-0.4, -0.2) is 55.0 Å².